The first-order chi connectivity index (χ1) is 8.02. The molecule has 0 aliphatic rings. The van der Waals surface area contributed by atoms with E-state index in [1.807, 2.05) is 19.9 Å². The fraction of sp³-hybridized carbons (Fsp3) is 0.385. The SMILES string of the molecule is CC(C)[C@H](N)C(=O)OCC(=O)c1ccccc1. The maximum absolute atomic E-state index is 11.6. The highest BCUT2D eigenvalue weighted by atomic mass is 16.5. The Labute approximate surface area is 101 Å². The minimum absolute atomic E-state index is 0.00525. The average molecular weight is 235 g/mol. The van der Waals surface area contributed by atoms with Gasteiger partial charge >= 0.3 is 5.97 Å². The molecule has 0 aliphatic heterocycles. The van der Waals surface area contributed by atoms with E-state index in [0.29, 0.717) is 5.56 Å². The Bertz CT molecular complexity index is 387. The molecule has 1 atom stereocenters. The largest absolute Gasteiger partial charge is 0.456 e. The lowest BCUT2D eigenvalue weighted by molar-refractivity contribution is -0.145. The van der Waals surface area contributed by atoms with E-state index in [4.69, 9.17) is 10.5 Å². The third-order valence-corrected chi connectivity index (χ3v) is 2.43. The maximum Gasteiger partial charge on any atom is 0.323 e. The predicted octanol–water partition coefficient (Wildman–Crippen LogP) is 1.40. The van der Waals surface area contributed by atoms with Gasteiger partial charge in [0.05, 0.1) is 0 Å². The average Bonchev–Trinajstić information content (AvgIpc) is 2.35. The van der Waals surface area contributed by atoms with Gasteiger partial charge in [-0.2, -0.15) is 0 Å². The molecule has 0 heterocycles. The minimum Gasteiger partial charge on any atom is -0.456 e. The zero-order chi connectivity index (χ0) is 12.8. The molecule has 1 aromatic rings. The van der Waals surface area contributed by atoms with Gasteiger partial charge in [-0.1, -0.05) is 44.2 Å². The van der Waals surface area contributed by atoms with E-state index in [1.165, 1.54) is 0 Å². The Morgan fingerprint density at radius 1 is 1.24 bits per heavy atom. The van der Waals surface area contributed by atoms with Crippen LogP contribution in [-0.4, -0.2) is 24.4 Å². The van der Waals surface area contributed by atoms with Crippen molar-refractivity contribution in [1.82, 2.24) is 0 Å². The second kappa shape index (κ2) is 6.15. The van der Waals surface area contributed by atoms with E-state index in [9.17, 15) is 9.59 Å². The van der Waals surface area contributed by atoms with Crippen LogP contribution < -0.4 is 5.73 Å². The molecule has 0 saturated heterocycles. The number of benzene rings is 1. The van der Waals surface area contributed by atoms with Crippen molar-refractivity contribution in [3.8, 4) is 0 Å². The molecule has 0 aromatic heterocycles. The zero-order valence-corrected chi connectivity index (χ0v) is 10.1. The molecule has 0 radical (unpaired) electrons. The summed E-state index contributed by atoms with van der Waals surface area (Å²) in [5.41, 5.74) is 6.13. The summed E-state index contributed by atoms with van der Waals surface area (Å²) in [6.07, 6.45) is 0. The number of esters is 1. The first kappa shape index (κ1) is 13.4. The highest BCUT2D eigenvalue weighted by molar-refractivity contribution is 5.98. The summed E-state index contributed by atoms with van der Waals surface area (Å²) >= 11 is 0. The lowest BCUT2D eigenvalue weighted by Gasteiger charge is -2.13. The van der Waals surface area contributed by atoms with Crippen LogP contribution in [0.1, 0.15) is 24.2 Å². The molecule has 0 amide bonds. The van der Waals surface area contributed by atoms with Crippen LogP contribution in [0.3, 0.4) is 0 Å². The van der Waals surface area contributed by atoms with Crippen LogP contribution in [-0.2, 0) is 9.53 Å². The molecule has 1 rings (SSSR count). The van der Waals surface area contributed by atoms with Crippen LogP contribution in [0.4, 0.5) is 0 Å². The molecule has 92 valence electrons. The van der Waals surface area contributed by atoms with Crippen LogP contribution in [0.25, 0.3) is 0 Å². The van der Waals surface area contributed by atoms with Gasteiger partial charge in [-0.3, -0.25) is 9.59 Å². The normalized spacial score (nSPS) is 12.2. The maximum atomic E-state index is 11.6. The molecule has 1 aromatic carbocycles. The van der Waals surface area contributed by atoms with Gasteiger partial charge in [-0.05, 0) is 5.92 Å². The second-order valence-electron chi connectivity index (χ2n) is 4.17. The zero-order valence-electron chi connectivity index (χ0n) is 10.1. The van der Waals surface area contributed by atoms with Crippen molar-refractivity contribution in [3.05, 3.63) is 35.9 Å². The Balaban J connectivity index is 2.47. The number of ketones is 1. The molecule has 0 fully saturated rings. The van der Waals surface area contributed by atoms with Crippen molar-refractivity contribution in [2.24, 2.45) is 11.7 Å². The van der Waals surface area contributed by atoms with Gasteiger partial charge in [-0.15, -0.1) is 0 Å². The van der Waals surface area contributed by atoms with Crippen LogP contribution in [0.15, 0.2) is 30.3 Å². The van der Waals surface area contributed by atoms with E-state index < -0.39 is 12.0 Å². The van der Waals surface area contributed by atoms with Gasteiger partial charge in [0.15, 0.2) is 12.4 Å². The van der Waals surface area contributed by atoms with Crippen molar-refractivity contribution in [3.63, 3.8) is 0 Å². The molecule has 4 nitrogen and oxygen atoms in total. The van der Waals surface area contributed by atoms with Gasteiger partial charge < -0.3 is 10.5 Å². The lowest BCUT2D eigenvalue weighted by Crippen LogP contribution is -2.37. The highest BCUT2D eigenvalue weighted by Crippen LogP contribution is 2.03. The minimum atomic E-state index is -0.682. The number of hydrogen-bond acceptors (Lipinski definition) is 4. The fourth-order valence-electron chi connectivity index (χ4n) is 1.21. The van der Waals surface area contributed by atoms with Crippen LogP contribution in [0, 0.1) is 5.92 Å². The second-order valence-corrected chi connectivity index (χ2v) is 4.17. The molecule has 0 aliphatic carbocycles. The molecule has 0 spiro atoms. The topological polar surface area (TPSA) is 69.4 Å². The Morgan fingerprint density at radius 2 is 1.82 bits per heavy atom. The summed E-state index contributed by atoms with van der Waals surface area (Å²) < 4.78 is 4.87. The number of carbonyl (C=O) groups is 2. The van der Waals surface area contributed by atoms with Crippen molar-refractivity contribution in [1.29, 1.82) is 0 Å². The van der Waals surface area contributed by atoms with Crippen LogP contribution in [0.5, 0.6) is 0 Å². The first-order valence-electron chi connectivity index (χ1n) is 5.53. The summed E-state index contributed by atoms with van der Waals surface area (Å²) in [5, 5.41) is 0. The number of carbonyl (C=O) groups excluding carboxylic acids is 2. The molecule has 0 saturated carbocycles. The summed E-state index contributed by atoms with van der Waals surface area (Å²) in [7, 11) is 0. The number of rotatable bonds is 5. The van der Waals surface area contributed by atoms with E-state index in [1.54, 1.807) is 24.3 Å². The summed E-state index contributed by atoms with van der Waals surface area (Å²) in [5.74, 6) is -0.770. The Kier molecular flexibility index (Phi) is 4.84. The third-order valence-electron chi connectivity index (χ3n) is 2.43. The number of ether oxygens (including phenoxy) is 1. The summed E-state index contributed by atoms with van der Waals surface area (Å²) in [4.78, 5) is 23.0. The van der Waals surface area contributed by atoms with E-state index >= 15 is 0 Å². The summed E-state index contributed by atoms with van der Waals surface area (Å²) in [6.45, 7) is 3.39. The van der Waals surface area contributed by atoms with Gasteiger partial charge in [-0.25, -0.2) is 0 Å². The smallest absolute Gasteiger partial charge is 0.323 e. The van der Waals surface area contributed by atoms with Gasteiger partial charge in [0, 0.05) is 5.56 Å². The van der Waals surface area contributed by atoms with Gasteiger partial charge in [0.1, 0.15) is 6.04 Å². The first-order valence-corrected chi connectivity index (χ1v) is 5.53. The molecule has 4 heteroatoms. The van der Waals surface area contributed by atoms with Crippen LogP contribution in [0.2, 0.25) is 0 Å². The molecule has 17 heavy (non-hydrogen) atoms. The monoisotopic (exact) mass is 235 g/mol. The fourth-order valence-corrected chi connectivity index (χ4v) is 1.21. The summed E-state index contributed by atoms with van der Waals surface area (Å²) in [6, 6.07) is 8.01. The molecule has 0 bridgehead atoms. The highest BCUT2D eigenvalue weighted by Gasteiger charge is 2.19. The van der Waals surface area contributed by atoms with E-state index in [-0.39, 0.29) is 18.3 Å². The van der Waals surface area contributed by atoms with Crippen molar-refractivity contribution in [2.45, 2.75) is 19.9 Å². The predicted molar refractivity (Wildman–Crippen MR) is 64.5 cm³/mol. The standard InChI is InChI=1S/C13H17NO3/c1-9(2)12(14)13(16)17-8-11(15)10-6-4-3-5-7-10/h3-7,9,12H,8,14H2,1-2H3/t12-/m0/s1. The molecular formula is C13H17NO3. The Morgan fingerprint density at radius 3 is 2.35 bits per heavy atom. The molecule has 0 unspecified atom stereocenters. The van der Waals surface area contributed by atoms with Gasteiger partial charge in [0.25, 0.3) is 0 Å². The number of Topliss-reactive ketones (excluding diaryl/α,β-unsaturated/α-hetero) is 1. The molecule has 2 N–H and O–H groups in total. The van der Waals surface area contributed by atoms with E-state index in [0.717, 1.165) is 0 Å². The van der Waals surface area contributed by atoms with Crippen molar-refractivity contribution in [2.75, 3.05) is 6.61 Å². The van der Waals surface area contributed by atoms with Crippen molar-refractivity contribution >= 4 is 11.8 Å². The Hall–Kier alpha value is -1.68. The van der Waals surface area contributed by atoms with Crippen molar-refractivity contribution < 1.29 is 14.3 Å². The van der Waals surface area contributed by atoms with Crippen LogP contribution >= 0.6 is 0 Å². The number of nitrogens with two attached hydrogens (primary N) is 1. The lowest BCUT2D eigenvalue weighted by atomic mass is 10.1. The molecular weight excluding hydrogens is 218 g/mol. The quantitative estimate of drug-likeness (QED) is 0.618. The number of hydrogen-bond donors (Lipinski definition) is 1. The third kappa shape index (κ3) is 4.00. The van der Waals surface area contributed by atoms with E-state index in [2.05, 4.69) is 0 Å². The van der Waals surface area contributed by atoms with Gasteiger partial charge in [0.2, 0.25) is 0 Å².